The van der Waals surface area contributed by atoms with Crippen LogP contribution in [0.4, 0.5) is 4.39 Å². The Kier molecular flexibility index (Phi) is 9.66. The predicted octanol–water partition coefficient (Wildman–Crippen LogP) is 2.80. The molecule has 3 rings (SSSR count). The van der Waals surface area contributed by atoms with Crippen molar-refractivity contribution in [2.75, 3.05) is 20.2 Å². The van der Waals surface area contributed by atoms with E-state index in [1.165, 1.54) is 12.1 Å². The molecule has 1 aromatic heterocycles. The van der Waals surface area contributed by atoms with E-state index in [2.05, 4.69) is 14.9 Å². The average molecular weight is 395 g/mol. The minimum absolute atomic E-state index is 0.303. The normalized spacial score (nSPS) is 15.4. The molecule has 9 heteroatoms. The van der Waals surface area contributed by atoms with Crippen LogP contribution in [0.2, 0.25) is 0 Å². The molecule has 3 N–H and O–H groups in total. The molecule has 2 heterocycles. The van der Waals surface area contributed by atoms with Crippen LogP contribution in [-0.4, -0.2) is 51.9 Å². The molecule has 0 spiro atoms. The van der Waals surface area contributed by atoms with Crippen molar-refractivity contribution >= 4 is 11.9 Å². The quantitative estimate of drug-likeness (QED) is 0.732. The van der Waals surface area contributed by atoms with Crippen LogP contribution in [-0.2, 0) is 9.59 Å². The van der Waals surface area contributed by atoms with Crippen LogP contribution in [0.1, 0.15) is 32.7 Å². The lowest BCUT2D eigenvalue weighted by Gasteiger charge is -2.25. The van der Waals surface area contributed by atoms with Gasteiger partial charge in [-0.1, -0.05) is 0 Å². The molecular formula is C19H26FN3O5. The standard InChI is InChI=1S/C15H18FN3O.2C2H4O2/c1-20-14-9-11(16)4-5-13(14)15-18-7-8-19(15)12-3-2-6-17-10-12;2*1-2(3)4/h4-5,7-9,12,17H,2-3,6,10H2,1H3;2*1H3,(H,3,4)/t12-;;/m0../s1. The van der Waals surface area contributed by atoms with Gasteiger partial charge in [0.1, 0.15) is 17.4 Å². The van der Waals surface area contributed by atoms with E-state index >= 15 is 0 Å². The molecular weight excluding hydrogens is 369 g/mol. The van der Waals surface area contributed by atoms with Crippen molar-refractivity contribution in [1.29, 1.82) is 0 Å². The summed E-state index contributed by atoms with van der Waals surface area (Å²) in [7, 11) is 1.55. The third kappa shape index (κ3) is 7.75. The summed E-state index contributed by atoms with van der Waals surface area (Å²) < 4.78 is 20.8. The molecule has 8 nitrogen and oxygen atoms in total. The minimum Gasteiger partial charge on any atom is -0.496 e. The van der Waals surface area contributed by atoms with Gasteiger partial charge in [-0.15, -0.1) is 0 Å². The zero-order valence-electron chi connectivity index (χ0n) is 16.2. The van der Waals surface area contributed by atoms with Gasteiger partial charge in [0, 0.05) is 44.9 Å². The van der Waals surface area contributed by atoms with Crippen LogP contribution in [0.3, 0.4) is 0 Å². The fraction of sp³-hybridized carbons (Fsp3) is 0.421. The van der Waals surface area contributed by atoms with Crippen LogP contribution in [0.5, 0.6) is 5.75 Å². The van der Waals surface area contributed by atoms with Crippen LogP contribution >= 0.6 is 0 Å². The van der Waals surface area contributed by atoms with E-state index < -0.39 is 11.9 Å². The van der Waals surface area contributed by atoms with Gasteiger partial charge in [-0.25, -0.2) is 9.37 Å². The van der Waals surface area contributed by atoms with E-state index in [0.29, 0.717) is 11.8 Å². The predicted molar refractivity (Wildman–Crippen MR) is 102 cm³/mol. The topological polar surface area (TPSA) is 114 Å². The van der Waals surface area contributed by atoms with Gasteiger partial charge >= 0.3 is 0 Å². The van der Waals surface area contributed by atoms with Gasteiger partial charge in [0.15, 0.2) is 0 Å². The average Bonchev–Trinajstić information content (AvgIpc) is 3.11. The maximum Gasteiger partial charge on any atom is 0.300 e. The smallest absolute Gasteiger partial charge is 0.300 e. The molecule has 2 aromatic rings. The second-order valence-electron chi connectivity index (χ2n) is 6.04. The van der Waals surface area contributed by atoms with E-state index in [9.17, 15) is 4.39 Å². The Hall–Kier alpha value is -2.94. The summed E-state index contributed by atoms with van der Waals surface area (Å²) in [6.45, 7) is 4.17. The van der Waals surface area contributed by atoms with E-state index in [-0.39, 0.29) is 5.82 Å². The number of carbonyl (C=O) groups is 2. The molecule has 1 aliphatic rings. The Morgan fingerprint density at radius 3 is 2.46 bits per heavy atom. The largest absolute Gasteiger partial charge is 0.496 e. The highest BCUT2D eigenvalue weighted by Gasteiger charge is 2.20. The first kappa shape index (κ1) is 23.1. The van der Waals surface area contributed by atoms with Gasteiger partial charge in [-0.05, 0) is 31.5 Å². The molecule has 0 aliphatic carbocycles. The SMILES string of the molecule is CC(=O)O.CC(=O)O.COc1cc(F)ccc1-c1nccn1[C@H]1CCCNC1. The number of methoxy groups -OCH3 is 1. The summed E-state index contributed by atoms with van der Waals surface area (Å²) in [5.74, 6) is -0.625. The zero-order valence-corrected chi connectivity index (χ0v) is 16.2. The third-order valence-electron chi connectivity index (χ3n) is 3.74. The van der Waals surface area contributed by atoms with E-state index in [1.807, 2.05) is 6.20 Å². The Morgan fingerprint density at radius 2 is 1.93 bits per heavy atom. The molecule has 0 unspecified atom stereocenters. The maximum atomic E-state index is 13.3. The van der Waals surface area contributed by atoms with Gasteiger partial charge in [0.25, 0.3) is 11.9 Å². The van der Waals surface area contributed by atoms with Crippen molar-refractivity contribution in [1.82, 2.24) is 14.9 Å². The summed E-state index contributed by atoms with van der Waals surface area (Å²) in [6.07, 6.45) is 6.05. The first-order valence-electron chi connectivity index (χ1n) is 8.72. The number of benzene rings is 1. The summed E-state index contributed by atoms with van der Waals surface area (Å²) >= 11 is 0. The molecule has 28 heavy (non-hydrogen) atoms. The van der Waals surface area contributed by atoms with Gasteiger partial charge in [0.05, 0.1) is 12.7 Å². The lowest BCUT2D eigenvalue weighted by atomic mass is 10.1. The lowest BCUT2D eigenvalue weighted by molar-refractivity contribution is -0.135. The number of halogens is 1. The van der Waals surface area contributed by atoms with Gasteiger partial charge < -0.3 is 24.8 Å². The van der Waals surface area contributed by atoms with E-state index in [4.69, 9.17) is 24.5 Å². The van der Waals surface area contributed by atoms with Crippen LogP contribution in [0.15, 0.2) is 30.6 Å². The van der Waals surface area contributed by atoms with Crippen molar-refractivity contribution in [3.05, 3.63) is 36.4 Å². The molecule has 0 radical (unpaired) electrons. The number of hydrogen-bond donors (Lipinski definition) is 3. The van der Waals surface area contributed by atoms with Crippen molar-refractivity contribution in [3.63, 3.8) is 0 Å². The molecule has 0 amide bonds. The number of ether oxygens (including phenoxy) is 1. The van der Waals surface area contributed by atoms with Crippen molar-refractivity contribution < 1.29 is 28.9 Å². The molecule has 1 saturated heterocycles. The Morgan fingerprint density at radius 1 is 1.29 bits per heavy atom. The van der Waals surface area contributed by atoms with Gasteiger partial charge in [-0.2, -0.15) is 0 Å². The molecule has 0 bridgehead atoms. The van der Waals surface area contributed by atoms with Gasteiger partial charge in [0.2, 0.25) is 0 Å². The number of nitrogens with zero attached hydrogens (tertiary/aromatic N) is 2. The molecule has 1 aliphatic heterocycles. The number of piperidine rings is 1. The van der Waals surface area contributed by atoms with Gasteiger partial charge in [-0.3, -0.25) is 9.59 Å². The number of nitrogens with one attached hydrogen (secondary N) is 1. The lowest BCUT2D eigenvalue weighted by Crippen LogP contribution is -2.31. The monoisotopic (exact) mass is 395 g/mol. The fourth-order valence-corrected chi connectivity index (χ4v) is 2.74. The number of aromatic nitrogens is 2. The minimum atomic E-state index is -0.833. The first-order chi connectivity index (χ1) is 13.3. The summed E-state index contributed by atoms with van der Waals surface area (Å²) in [5.41, 5.74) is 0.824. The summed E-state index contributed by atoms with van der Waals surface area (Å²) in [5, 5.41) is 18.2. The van der Waals surface area contributed by atoms with Crippen molar-refractivity contribution in [2.45, 2.75) is 32.7 Å². The number of rotatable bonds is 3. The Labute approximate surface area is 163 Å². The molecule has 0 saturated carbocycles. The third-order valence-corrected chi connectivity index (χ3v) is 3.74. The maximum absolute atomic E-state index is 13.3. The van der Waals surface area contributed by atoms with Crippen LogP contribution in [0.25, 0.3) is 11.4 Å². The van der Waals surface area contributed by atoms with Crippen LogP contribution in [0, 0.1) is 5.82 Å². The molecule has 1 aromatic carbocycles. The highest BCUT2D eigenvalue weighted by molar-refractivity contribution is 5.65. The number of hydrogen-bond acceptors (Lipinski definition) is 5. The summed E-state index contributed by atoms with van der Waals surface area (Å²) in [4.78, 5) is 22.4. The van der Waals surface area contributed by atoms with Crippen molar-refractivity contribution in [2.24, 2.45) is 0 Å². The summed E-state index contributed by atoms with van der Waals surface area (Å²) in [6, 6.07) is 4.95. The fourth-order valence-electron chi connectivity index (χ4n) is 2.74. The second kappa shape index (κ2) is 11.7. The first-order valence-corrected chi connectivity index (χ1v) is 8.72. The Bertz CT molecular complexity index is 753. The molecule has 1 fully saturated rings. The number of imidazole rings is 1. The highest BCUT2D eigenvalue weighted by Crippen LogP contribution is 2.32. The van der Waals surface area contributed by atoms with Crippen LogP contribution < -0.4 is 10.1 Å². The van der Waals surface area contributed by atoms with E-state index in [1.54, 1.807) is 19.4 Å². The number of carboxylic acids is 2. The second-order valence-corrected chi connectivity index (χ2v) is 6.04. The van der Waals surface area contributed by atoms with Crippen molar-refractivity contribution in [3.8, 4) is 17.1 Å². The van der Waals surface area contributed by atoms with E-state index in [0.717, 1.165) is 51.2 Å². The zero-order chi connectivity index (χ0) is 21.1. The number of aliphatic carboxylic acids is 2. The molecule has 154 valence electrons. The highest BCUT2D eigenvalue weighted by atomic mass is 19.1. The molecule has 1 atom stereocenters. The Balaban J connectivity index is 0.000000420. The number of carboxylic acid groups (broad SMARTS) is 2.